The molecule has 1 aromatic heterocycles. The molecule has 3 rings (SSSR count). The molecule has 0 amide bonds. The molecule has 4 nitrogen and oxygen atoms in total. The number of benzene rings is 1. The Kier molecular flexibility index (Phi) is 6.42. The average Bonchev–Trinajstić information content (AvgIpc) is 3.04. The van der Waals surface area contributed by atoms with Gasteiger partial charge in [-0.15, -0.1) is 0 Å². The summed E-state index contributed by atoms with van der Waals surface area (Å²) in [5, 5.41) is 0. The summed E-state index contributed by atoms with van der Waals surface area (Å²) in [5.74, 6) is 1.71. The van der Waals surface area contributed by atoms with E-state index >= 15 is 0 Å². The van der Waals surface area contributed by atoms with Crippen LogP contribution in [0.3, 0.4) is 0 Å². The van der Waals surface area contributed by atoms with E-state index in [0.29, 0.717) is 0 Å². The van der Waals surface area contributed by atoms with Crippen molar-refractivity contribution in [1.29, 1.82) is 0 Å². The standard InChI is InChI=1S/C21H29N3O/c1-3-25-21-8-6-18(7-9-21)16-24-12-10-20(17-24)15-23(2)14-19-5-4-11-22-13-19/h4-9,11,13,20H,3,10,12,14-17H2,1-2H3/t20-/m1/s1. The van der Waals surface area contributed by atoms with Crippen LogP contribution in [0, 0.1) is 5.92 Å². The molecule has 0 aliphatic carbocycles. The van der Waals surface area contributed by atoms with Crippen LogP contribution in [0.1, 0.15) is 24.5 Å². The summed E-state index contributed by atoms with van der Waals surface area (Å²) in [6.07, 6.45) is 5.08. The highest BCUT2D eigenvalue weighted by atomic mass is 16.5. The maximum absolute atomic E-state index is 5.52. The summed E-state index contributed by atoms with van der Waals surface area (Å²) in [4.78, 5) is 9.19. The molecule has 1 atom stereocenters. The van der Waals surface area contributed by atoms with Crippen LogP contribution in [0.4, 0.5) is 0 Å². The van der Waals surface area contributed by atoms with E-state index in [9.17, 15) is 0 Å². The lowest BCUT2D eigenvalue weighted by Gasteiger charge is -2.21. The first-order valence-corrected chi connectivity index (χ1v) is 9.24. The fourth-order valence-corrected chi connectivity index (χ4v) is 3.63. The zero-order valence-corrected chi connectivity index (χ0v) is 15.4. The highest BCUT2D eigenvalue weighted by Crippen LogP contribution is 2.21. The minimum absolute atomic E-state index is 0.722. The van der Waals surface area contributed by atoms with E-state index in [1.54, 1.807) is 0 Å². The van der Waals surface area contributed by atoms with Gasteiger partial charge in [0, 0.05) is 38.6 Å². The molecule has 25 heavy (non-hydrogen) atoms. The van der Waals surface area contributed by atoms with Gasteiger partial charge in [0.05, 0.1) is 6.61 Å². The van der Waals surface area contributed by atoms with Gasteiger partial charge >= 0.3 is 0 Å². The smallest absolute Gasteiger partial charge is 0.119 e. The van der Waals surface area contributed by atoms with E-state index in [4.69, 9.17) is 4.74 Å². The molecule has 2 heterocycles. The van der Waals surface area contributed by atoms with Gasteiger partial charge < -0.3 is 9.64 Å². The number of likely N-dealkylation sites (tertiary alicyclic amines) is 1. The second-order valence-electron chi connectivity index (χ2n) is 7.02. The van der Waals surface area contributed by atoms with Gasteiger partial charge in [-0.2, -0.15) is 0 Å². The minimum Gasteiger partial charge on any atom is -0.494 e. The molecule has 0 bridgehead atoms. The number of hydrogen-bond acceptors (Lipinski definition) is 4. The Morgan fingerprint density at radius 2 is 2.04 bits per heavy atom. The Labute approximate surface area is 151 Å². The topological polar surface area (TPSA) is 28.6 Å². The number of aromatic nitrogens is 1. The summed E-state index contributed by atoms with van der Waals surface area (Å²) in [6.45, 7) is 8.28. The maximum atomic E-state index is 5.52. The summed E-state index contributed by atoms with van der Waals surface area (Å²) in [5.41, 5.74) is 2.65. The lowest BCUT2D eigenvalue weighted by Crippen LogP contribution is -2.28. The van der Waals surface area contributed by atoms with Crippen molar-refractivity contribution in [2.24, 2.45) is 5.92 Å². The van der Waals surface area contributed by atoms with Crippen molar-refractivity contribution in [3.8, 4) is 5.75 Å². The van der Waals surface area contributed by atoms with Gasteiger partial charge in [0.2, 0.25) is 0 Å². The Balaban J connectivity index is 1.43. The first kappa shape index (κ1) is 17.9. The first-order valence-electron chi connectivity index (χ1n) is 9.24. The number of nitrogens with zero attached hydrogens (tertiary/aromatic N) is 3. The fraction of sp³-hybridized carbons (Fsp3) is 0.476. The minimum atomic E-state index is 0.722. The molecule has 1 aliphatic heterocycles. The highest BCUT2D eigenvalue weighted by molar-refractivity contribution is 5.27. The van der Waals surface area contributed by atoms with E-state index < -0.39 is 0 Å². The molecule has 0 spiro atoms. The fourth-order valence-electron chi connectivity index (χ4n) is 3.63. The van der Waals surface area contributed by atoms with Crippen LogP contribution in [-0.4, -0.2) is 48.1 Å². The molecule has 0 N–H and O–H groups in total. The average molecular weight is 339 g/mol. The van der Waals surface area contributed by atoms with E-state index in [-0.39, 0.29) is 0 Å². The van der Waals surface area contributed by atoms with E-state index in [0.717, 1.165) is 37.9 Å². The predicted molar refractivity (Wildman–Crippen MR) is 102 cm³/mol. The van der Waals surface area contributed by atoms with Crippen molar-refractivity contribution < 1.29 is 4.74 Å². The van der Waals surface area contributed by atoms with Gasteiger partial charge in [-0.25, -0.2) is 0 Å². The largest absolute Gasteiger partial charge is 0.494 e. The number of hydrogen-bond donors (Lipinski definition) is 0. The van der Waals surface area contributed by atoms with Crippen LogP contribution in [0.2, 0.25) is 0 Å². The van der Waals surface area contributed by atoms with Crippen molar-refractivity contribution >= 4 is 0 Å². The van der Waals surface area contributed by atoms with Crippen LogP contribution in [-0.2, 0) is 13.1 Å². The number of rotatable bonds is 8. The lowest BCUT2D eigenvalue weighted by molar-refractivity contribution is 0.254. The maximum Gasteiger partial charge on any atom is 0.119 e. The van der Waals surface area contributed by atoms with Crippen molar-refractivity contribution in [2.75, 3.05) is 33.3 Å². The van der Waals surface area contributed by atoms with Gasteiger partial charge in [-0.05, 0) is 62.2 Å². The van der Waals surface area contributed by atoms with Gasteiger partial charge in [-0.3, -0.25) is 9.88 Å². The third-order valence-corrected chi connectivity index (χ3v) is 4.76. The molecule has 1 saturated heterocycles. The van der Waals surface area contributed by atoms with E-state index in [1.165, 1.54) is 30.6 Å². The highest BCUT2D eigenvalue weighted by Gasteiger charge is 2.23. The summed E-state index contributed by atoms with van der Waals surface area (Å²) < 4.78 is 5.52. The van der Waals surface area contributed by atoms with Crippen molar-refractivity contribution in [3.63, 3.8) is 0 Å². The molecule has 0 radical (unpaired) electrons. The molecule has 134 valence electrons. The van der Waals surface area contributed by atoms with Gasteiger partial charge in [0.15, 0.2) is 0 Å². The van der Waals surface area contributed by atoms with Crippen LogP contribution in [0.15, 0.2) is 48.8 Å². The number of pyridine rings is 1. The van der Waals surface area contributed by atoms with Crippen LogP contribution >= 0.6 is 0 Å². The predicted octanol–water partition coefficient (Wildman–Crippen LogP) is 3.43. The van der Waals surface area contributed by atoms with Crippen LogP contribution < -0.4 is 4.74 Å². The lowest BCUT2D eigenvalue weighted by atomic mass is 10.1. The third kappa shape index (κ3) is 5.55. The molecule has 1 aliphatic rings. The van der Waals surface area contributed by atoms with Crippen molar-refractivity contribution in [3.05, 3.63) is 59.9 Å². The zero-order chi connectivity index (χ0) is 17.5. The molecule has 0 unspecified atom stereocenters. The second-order valence-corrected chi connectivity index (χ2v) is 7.02. The summed E-state index contributed by atoms with van der Waals surface area (Å²) >= 11 is 0. The Morgan fingerprint density at radius 3 is 2.76 bits per heavy atom. The van der Waals surface area contributed by atoms with Gasteiger partial charge in [0.25, 0.3) is 0 Å². The third-order valence-electron chi connectivity index (χ3n) is 4.76. The summed E-state index contributed by atoms with van der Waals surface area (Å²) in [7, 11) is 2.21. The zero-order valence-electron chi connectivity index (χ0n) is 15.4. The monoisotopic (exact) mass is 339 g/mol. The van der Waals surface area contributed by atoms with Crippen molar-refractivity contribution in [1.82, 2.24) is 14.8 Å². The molecular formula is C21H29N3O. The van der Waals surface area contributed by atoms with E-state index in [2.05, 4.69) is 52.2 Å². The number of ether oxygens (including phenoxy) is 1. The molecule has 4 heteroatoms. The molecule has 0 saturated carbocycles. The Bertz CT molecular complexity index is 629. The Morgan fingerprint density at radius 1 is 1.20 bits per heavy atom. The molecule has 1 aromatic carbocycles. The van der Waals surface area contributed by atoms with Gasteiger partial charge in [-0.1, -0.05) is 18.2 Å². The Hall–Kier alpha value is -1.91. The van der Waals surface area contributed by atoms with E-state index in [1.807, 2.05) is 25.4 Å². The quantitative estimate of drug-likeness (QED) is 0.737. The molecule has 1 fully saturated rings. The normalized spacial score (nSPS) is 18.0. The molecular weight excluding hydrogens is 310 g/mol. The first-order chi connectivity index (χ1) is 12.2. The SMILES string of the molecule is CCOc1ccc(CN2CC[C@H](CN(C)Cc3cccnc3)C2)cc1. The van der Waals surface area contributed by atoms with Crippen LogP contribution in [0.25, 0.3) is 0 Å². The van der Waals surface area contributed by atoms with Gasteiger partial charge in [0.1, 0.15) is 5.75 Å². The van der Waals surface area contributed by atoms with Crippen LogP contribution in [0.5, 0.6) is 5.75 Å². The summed E-state index contributed by atoms with van der Waals surface area (Å²) in [6, 6.07) is 12.7. The molecule has 2 aromatic rings. The van der Waals surface area contributed by atoms with Crippen molar-refractivity contribution in [2.45, 2.75) is 26.4 Å². The second kappa shape index (κ2) is 8.97.